The number of hydrogen-bond donors (Lipinski definition) is 2. The van der Waals surface area contributed by atoms with Gasteiger partial charge in [-0.15, -0.1) is 0 Å². The van der Waals surface area contributed by atoms with E-state index in [1.165, 1.54) is 0 Å². The molecule has 0 aromatic rings. The van der Waals surface area contributed by atoms with Gasteiger partial charge >= 0.3 is 6.09 Å². The highest BCUT2D eigenvalue weighted by Crippen LogP contribution is 2.49. The van der Waals surface area contributed by atoms with E-state index in [0.717, 1.165) is 0 Å². The Bertz CT molecular complexity index is 843. The molecule has 0 aromatic carbocycles. The van der Waals surface area contributed by atoms with E-state index in [9.17, 15) is 9.90 Å². The quantitative estimate of drug-likeness (QED) is 0.363. The van der Waals surface area contributed by atoms with Crippen LogP contribution in [0.3, 0.4) is 0 Å². The van der Waals surface area contributed by atoms with Crippen molar-refractivity contribution < 1.29 is 37.7 Å². The number of rotatable bonds is 8. The summed E-state index contributed by atoms with van der Waals surface area (Å²) in [7, 11) is -4.36. The van der Waals surface area contributed by atoms with E-state index >= 15 is 0 Å². The van der Waals surface area contributed by atoms with Gasteiger partial charge in [0.1, 0.15) is 17.8 Å². The van der Waals surface area contributed by atoms with Crippen LogP contribution in [0.1, 0.15) is 76.2 Å². The van der Waals surface area contributed by atoms with Crippen LogP contribution in [0.2, 0.25) is 36.3 Å². The zero-order valence-electron chi connectivity index (χ0n) is 26.5. The Morgan fingerprint density at radius 2 is 1.45 bits per heavy atom. The minimum absolute atomic E-state index is 0.0320. The standard InChI is InChI=1S/C27H55NO8Si2/c1-23(2,3)35-22(30)28-18(16-31-37(12,13)24(4,5)6)19-20-27(21(29)33-19,36-26(10,11)34-20)17-32-38(14,15)25(7,8)9/h18-21,29H,16-17H2,1-15H3,(H,28,30)/t18-,19+,20-,21?,27-/m0/s1. The number of carbonyl (C=O) groups is 1. The van der Waals surface area contributed by atoms with E-state index in [4.69, 9.17) is 27.8 Å². The Balaban J connectivity index is 2.41. The smallest absolute Gasteiger partial charge is 0.408 e. The van der Waals surface area contributed by atoms with Crippen LogP contribution >= 0.6 is 0 Å². The van der Waals surface area contributed by atoms with E-state index in [2.05, 4.69) is 73.0 Å². The summed E-state index contributed by atoms with van der Waals surface area (Å²) in [6, 6.07) is -0.661. The molecule has 1 amide bonds. The van der Waals surface area contributed by atoms with Gasteiger partial charge in [-0.3, -0.25) is 0 Å². The van der Waals surface area contributed by atoms with Crippen molar-refractivity contribution in [1.82, 2.24) is 5.32 Å². The van der Waals surface area contributed by atoms with E-state index in [0.29, 0.717) is 0 Å². The van der Waals surface area contributed by atoms with Gasteiger partial charge in [0.2, 0.25) is 0 Å². The lowest BCUT2D eigenvalue weighted by Crippen LogP contribution is -2.57. The Kier molecular flexibility index (Phi) is 9.48. The summed E-state index contributed by atoms with van der Waals surface area (Å²) >= 11 is 0. The third kappa shape index (κ3) is 7.60. The fourth-order valence-electron chi connectivity index (χ4n) is 4.01. The molecule has 2 heterocycles. The van der Waals surface area contributed by atoms with Crippen molar-refractivity contribution in [1.29, 1.82) is 0 Å². The average Bonchev–Trinajstić information content (AvgIpc) is 3.09. The second kappa shape index (κ2) is 10.7. The summed E-state index contributed by atoms with van der Waals surface area (Å²) < 4.78 is 37.5. The van der Waals surface area contributed by atoms with Gasteiger partial charge in [0, 0.05) is 0 Å². The molecule has 9 nitrogen and oxygen atoms in total. The summed E-state index contributed by atoms with van der Waals surface area (Å²) in [4.78, 5) is 12.9. The molecule has 0 spiro atoms. The summed E-state index contributed by atoms with van der Waals surface area (Å²) in [6.45, 7) is 30.9. The molecular formula is C27H55NO8Si2. The second-order valence-electron chi connectivity index (χ2n) is 15.3. The highest BCUT2D eigenvalue weighted by Gasteiger charge is 2.68. The van der Waals surface area contributed by atoms with Gasteiger partial charge in [-0.2, -0.15) is 0 Å². The molecule has 1 unspecified atom stereocenters. The number of aliphatic hydroxyl groups excluding tert-OH is 1. The molecule has 0 aromatic heterocycles. The molecule has 0 aliphatic carbocycles. The minimum Gasteiger partial charge on any atom is -0.444 e. The number of fused-ring (bicyclic) bond motifs is 1. The van der Waals surface area contributed by atoms with Crippen LogP contribution in [0, 0.1) is 0 Å². The maximum Gasteiger partial charge on any atom is 0.408 e. The van der Waals surface area contributed by atoms with Gasteiger partial charge in [0.15, 0.2) is 34.3 Å². The van der Waals surface area contributed by atoms with E-state index < -0.39 is 64.3 Å². The Labute approximate surface area is 232 Å². The second-order valence-corrected chi connectivity index (χ2v) is 24.9. The molecule has 0 saturated carbocycles. The molecule has 2 saturated heterocycles. The zero-order valence-corrected chi connectivity index (χ0v) is 28.5. The first kappa shape index (κ1) is 33.7. The molecule has 2 aliphatic heterocycles. The fourth-order valence-corrected chi connectivity index (χ4v) is 6.06. The van der Waals surface area contributed by atoms with Gasteiger partial charge in [0.25, 0.3) is 0 Å². The third-order valence-electron chi connectivity index (χ3n) is 8.32. The van der Waals surface area contributed by atoms with Gasteiger partial charge in [0.05, 0.1) is 19.3 Å². The van der Waals surface area contributed by atoms with Crippen LogP contribution in [0.5, 0.6) is 0 Å². The fraction of sp³-hybridized carbons (Fsp3) is 0.963. The van der Waals surface area contributed by atoms with Crippen LogP contribution in [0.4, 0.5) is 4.79 Å². The van der Waals surface area contributed by atoms with Gasteiger partial charge in [-0.25, -0.2) is 4.79 Å². The van der Waals surface area contributed by atoms with Gasteiger partial charge in [-0.05, 0) is 70.9 Å². The van der Waals surface area contributed by atoms with Crippen molar-refractivity contribution in [2.45, 2.75) is 154 Å². The van der Waals surface area contributed by atoms with Crippen molar-refractivity contribution in [2.24, 2.45) is 0 Å². The highest BCUT2D eigenvalue weighted by atomic mass is 28.4. The topological polar surface area (TPSA) is 105 Å². The summed E-state index contributed by atoms with van der Waals surface area (Å²) in [5, 5.41) is 14.2. The van der Waals surface area contributed by atoms with E-state index in [1.54, 1.807) is 0 Å². The van der Waals surface area contributed by atoms with Crippen molar-refractivity contribution in [3.63, 3.8) is 0 Å². The number of carbonyl (C=O) groups excluding carboxylic acids is 1. The largest absolute Gasteiger partial charge is 0.444 e. The molecule has 2 N–H and O–H groups in total. The summed E-state index contributed by atoms with van der Waals surface area (Å²) in [5.41, 5.74) is -1.94. The van der Waals surface area contributed by atoms with Crippen LogP contribution in [0.25, 0.3) is 0 Å². The number of ether oxygens (including phenoxy) is 4. The van der Waals surface area contributed by atoms with Crippen LogP contribution in [-0.2, 0) is 27.8 Å². The Hall–Kier alpha value is -0.536. The predicted molar refractivity (Wildman–Crippen MR) is 153 cm³/mol. The van der Waals surface area contributed by atoms with Crippen molar-refractivity contribution >= 4 is 22.7 Å². The normalized spacial score (nSPS) is 29.2. The maximum absolute atomic E-state index is 12.9. The maximum atomic E-state index is 12.9. The van der Waals surface area contributed by atoms with Gasteiger partial charge < -0.3 is 38.2 Å². The van der Waals surface area contributed by atoms with Crippen molar-refractivity contribution in [3.8, 4) is 0 Å². The molecule has 224 valence electrons. The monoisotopic (exact) mass is 577 g/mol. The summed E-state index contributed by atoms with van der Waals surface area (Å²) in [5.74, 6) is -0.985. The van der Waals surface area contributed by atoms with Crippen LogP contribution in [0.15, 0.2) is 0 Å². The number of nitrogens with one attached hydrogen (secondary N) is 1. The number of hydrogen-bond acceptors (Lipinski definition) is 8. The third-order valence-corrected chi connectivity index (χ3v) is 17.3. The minimum atomic E-state index is -2.19. The molecule has 38 heavy (non-hydrogen) atoms. The molecule has 11 heteroatoms. The highest BCUT2D eigenvalue weighted by molar-refractivity contribution is 6.74. The van der Waals surface area contributed by atoms with Crippen LogP contribution < -0.4 is 5.32 Å². The van der Waals surface area contributed by atoms with E-state index in [1.807, 2.05) is 34.6 Å². The lowest BCUT2D eigenvalue weighted by Gasteiger charge is -2.40. The number of aliphatic hydroxyl groups is 1. The lowest BCUT2D eigenvalue weighted by atomic mass is 9.93. The SMILES string of the molecule is CC(C)(C)OC(=O)N[C@@H](CO[Si](C)(C)C(C)(C)C)[C@H]1OC(O)[C@@]2(CO[Si](C)(C)C(C)(C)C)OC(C)(C)O[C@@H]12. The first-order chi connectivity index (χ1) is 16.7. The molecule has 2 fully saturated rings. The van der Waals surface area contributed by atoms with Gasteiger partial charge in [-0.1, -0.05) is 41.5 Å². The molecule has 0 radical (unpaired) electrons. The molecule has 2 aliphatic rings. The van der Waals surface area contributed by atoms with Crippen LogP contribution in [-0.4, -0.2) is 82.6 Å². The number of alkyl carbamates (subject to hydrolysis) is 1. The Morgan fingerprint density at radius 3 is 1.92 bits per heavy atom. The summed E-state index contributed by atoms with van der Waals surface area (Å²) in [6.07, 6.45) is -3.38. The Morgan fingerprint density at radius 1 is 0.947 bits per heavy atom. The first-order valence-corrected chi connectivity index (χ1v) is 19.5. The zero-order chi connectivity index (χ0) is 29.8. The van der Waals surface area contributed by atoms with Crippen molar-refractivity contribution in [2.75, 3.05) is 13.2 Å². The predicted octanol–water partition coefficient (Wildman–Crippen LogP) is 5.53. The molecule has 5 atom stereocenters. The molecular weight excluding hydrogens is 522 g/mol. The van der Waals surface area contributed by atoms with Crippen molar-refractivity contribution in [3.05, 3.63) is 0 Å². The average molecular weight is 578 g/mol. The molecule has 2 rings (SSSR count). The number of amides is 1. The van der Waals surface area contributed by atoms with E-state index in [-0.39, 0.29) is 23.3 Å². The molecule has 0 bridgehead atoms. The first-order valence-electron chi connectivity index (χ1n) is 13.7. The lowest BCUT2D eigenvalue weighted by molar-refractivity contribution is -0.253.